The van der Waals surface area contributed by atoms with Gasteiger partial charge in [0.15, 0.2) is 0 Å². The first-order valence-electron chi connectivity index (χ1n) is 6.24. The lowest BCUT2D eigenvalue weighted by molar-refractivity contribution is -0.137. The Kier molecular flexibility index (Phi) is 4.61. The molecule has 0 saturated carbocycles. The summed E-state index contributed by atoms with van der Waals surface area (Å²) >= 11 is 0. The fourth-order valence-electron chi connectivity index (χ4n) is 1.89. The number of rotatable bonds is 5. The highest BCUT2D eigenvalue weighted by Gasteiger charge is 2.19. The van der Waals surface area contributed by atoms with Crippen molar-refractivity contribution in [1.82, 2.24) is 10.3 Å². The van der Waals surface area contributed by atoms with Crippen LogP contribution in [0.5, 0.6) is 0 Å². The van der Waals surface area contributed by atoms with Crippen LogP contribution in [-0.2, 0) is 4.79 Å². The van der Waals surface area contributed by atoms with E-state index in [9.17, 15) is 14.0 Å². The summed E-state index contributed by atoms with van der Waals surface area (Å²) in [4.78, 5) is 26.8. The third-order valence-electron chi connectivity index (χ3n) is 2.86. The average Bonchev–Trinajstić information content (AvgIpc) is 2.47. The van der Waals surface area contributed by atoms with Crippen LogP contribution in [0.3, 0.4) is 0 Å². The molecule has 1 aromatic heterocycles. The van der Waals surface area contributed by atoms with Gasteiger partial charge in [0.05, 0.1) is 18.0 Å². The number of carbonyl (C=O) groups excluding carboxylic acids is 1. The van der Waals surface area contributed by atoms with Gasteiger partial charge in [0.1, 0.15) is 5.82 Å². The van der Waals surface area contributed by atoms with Gasteiger partial charge in [-0.15, -0.1) is 0 Å². The first kappa shape index (κ1) is 14.6. The lowest BCUT2D eigenvalue weighted by Crippen LogP contribution is -2.30. The molecule has 21 heavy (non-hydrogen) atoms. The number of nitrogens with zero attached hydrogens (tertiary/aromatic N) is 1. The van der Waals surface area contributed by atoms with Gasteiger partial charge < -0.3 is 10.4 Å². The molecule has 1 atom stereocenters. The summed E-state index contributed by atoms with van der Waals surface area (Å²) in [5, 5.41) is 11.5. The Morgan fingerprint density at radius 3 is 2.71 bits per heavy atom. The largest absolute Gasteiger partial charge is 0.481 e. The minimum absolute atomic E-state index is 0.310. The van der Waals surface area contributed by atoms with Gasteiger partial charge in [0, 0.05) is 12.4 Å². The molecular weight excluding hydrogens is 275 g/mol. The second-order valence-electron chi connectivity index (χ2n) is 4.42. The molecule has 2 aromatic rings. The van der Waals surface area contributed by atoms with Gasteiger partial charge in [-0.2, -0.15) is 0 Å². The maximum absolute atomic E-state index is 13.3. The molecule has 0 aliphatic carbocycles. The third-order valence-corrected chi connectivity index (χ3v) is 2.86. The molecule has 0 radical (unpaired) electrons. The van der Waals surface area contributed by atoms with Crippen molar-refractivity contribution in [1.29, 1.82) is 0 Å². The van der Waals surface area contributed by atoms with Gasteiger partial charge in [-0.3, -0.25) is 14.6 Å². The molecule has 0 bridgehead atoms. The number of carboxylic acid groups (broad SMARTS) is 1. The van der Waals surface area contributed by atoms with Crippen LogP contribution in [0.4, 0.5) is 4.39 Å². The Labute approximate surface area is 120 Å². The van der Waals surface area contributed by atoms with Crippen molar-refractivity contribution in [2.24, 2.45) is 0 Å². The molecule has 0 aliphatic heterocycles. The van der Waals surface area contributed by atoms with Gasteiger partial charge >= 0.3 is 5.97 Å². The van der Waals surface area contributed by atoms with Crippen LogP contribution in [0, 0.1) is 5.82 Å². The number of carbonyl (C=O) groups is 2. The molecule has 2 N–H and O–H groups in total. The minimum Gasteiger partial charge on any atom is -0.481 e. The van der Waals surface area contributed by atoms with E-state index in [0.717, 1.165) is 0 Å². The highest BCUT2D eigenvalue weighted by molar-refractivity contribution is 5.94. The highest BCUT2D eigenvalue weighted by Crippen LogP contribution is 2.18. The summed E-state index contributed by atoms with van der Waals surface area (Å²) < 4.78 is 13.3. The van der Waals surface area contributed by atoms with Gasteiger partial charge in [-0.1, -0.05) is 12.1 Å². The summed E-state index contributed by atoms with van der Waals surface area (Å²) in [6.45, 7) is 0. The van der Waals surface area contributed by atoms with E-state index in [1.807, 2.05) is 0 Å². The smallest absolute Gasteiger partial charge is 0.305 e. The van der Waals surface area contributed by atoms with E-state index in [4.69, 9.17) is 5.11 Å². The number of benzene rings is 1. The van der Waals surface area contributed by atoms with Crippen LogP contribution in [-0.4, -0.2) is 22.0 Å². The topological polar surface area (TPSA) is 79.3 Å². The van der Waals surface area contributed by atoms with Gasteiger partial charge in [-0.05, 0) is 29.8 Å². The molecule has 1 heterocycles. The number of halogens is 1. The molecule has 1 aromatic carbocycles. The van der Waals surface area contributed by atoms with Crippen molar-refractivity contribution in [2.45, 2.75) is 12.5 Å². The van der Waals surface area contributed by atoms with E-state index < -0.39 is 23.7 Å². The van der Waals surface area contributed by atoms with Crippen molar-refractivity contribution >= 4 is 11.9 Å². The first-order valence-corrected chi connectivity index (χ1v) is 6.24. The lowest BCUT2D eigenvalue weighted by Gasteiger charge is -2.17. The number of pyridine rings is 1. The molecule has 0 spiro atoms. The van der Waals surface area contributed by atoms with Crippen molar-refractivity contribution in [3.8, 4) is 0 Å². The standard InChI is InChI=1S/C15H13FN2O3/c16-12-5-1-3-10(7-12)13(8-14(19)20)18-15(21)11-4-2-6-17-9-11/h1-7,9,13H,8H2,(H,18,21)(H,19,20). The van der Waals surface area contributed by atoms with E-state index in [2.05, 4.69) is 10.3 Å². The fourth-order valence-corrected chi connectivity index (χ4v) is 1.89. The second kappa shape index (κ2) is 6.60. The highest BCUT2D eigenvalue weighted by atomic mass is 19.1. The molecule has 108 valence electrons. The lowest BCUT2D eigenvalue weighted by atomic mass is 10.0. The monoisotopic (exact) mass is 288 g/mol. The summed E-state index contributed by atoms with van der Waals surface area (Å²) in [6, 6.07) is 7.85. The van der Waals surface area contributed by atoms with Gasteiger partial charge in [0.25, 0.3) is 5.91 Å². The van der Waals surface area contributed by atoms with Crippen LogP contribution < -0.4 is 5.32 Å². The second-order valence-corrected chi connectivity index (χ2v) is 4.42. The number of carboxylic acids is 1. The zero-order chi connectivity index (χ0) is 15.2. The summed E-state index contributed by atoms with van der Waals surface area (Å²) in [6.07, 6.45) is 2.56. The van der Waals surface area contributed by atoms with Crippen LogP contribution >= 0.6 is 0 Å². The van der Waals surface area contributed by atoms with Crippen molar-refractivity contribution in [3.63, 3.8) is 0 Å². The molecule has 0 saturated heterocycles. The molecule has 5 nitrogen and oxygen atoms in total. The predicted molar refractivity (Wildman–Crippen MR) is 73.1 cm³/mol. The van der Waals surface area contributed by atoms with E-state index in [1.165, 1.54) is 30.6 Å². The summed E-state index contributed by atoms with van der Waals surface area (Å²) in [5.41, 5.74) is 0.707. The molecular formula is C15H13FN2O3. The molecule has 0 aliphatic rings. The van der Waals surface area contributed by atoms with Crippen LogP contribution in [0.2, 0.25) is 0 Å². The maximum atomic E-state index is 13.3. The van der Waals surface area contributed by atoms with Crippen molar-refractivity contribution in [3.05, 3.63) is 65.7 Å². The van der Waals surface area contributed by atoms with Crippen LogP contribution in [0.1, 0.15) is 28.4 Å². The first-order chi connectivity index (χ1) is 10.1. The number of hydrogen-bond donors (Lipinski definition) is 2. The van der Waals surface area contributed by atoms with E-state index >= 15 is 0 Å². The molecule has 6 heteroatoms. The quantitative estimate of drug-likeness (QED) is 0.883. The zero-order valence-electron chi connectivity index (χ0n) is 11.0. The summed E-state index contributed by atoms with van der Waals surface area (Å²) in [7, 11) is 0. The Morgan fingerprint density at radius 2 is 2.10 bits per heavy atom. The van der Waals surface area contributed by atoms with Crippen LogP contribution in [0.15, 0.2) is 48.8 Å². The van der Waals surface area contributed by atoms with Crippen molar-refractivity contribution < 1.29 is 19.1 Å². The maximum Gasteiger partial charge on any atom is 0.305 e. The van der Waals surface area contributed by atoms with E-state index in [1.54, 1.807) is 18.2 Å². The van der Waals surface area contributed by atoms with E-state index in [-0.39, 0.29) is 6.42 Å². The Morgan fingerprint density at radius 1 is 1.29 bits per heavy atom. The van der Waals surface area contributed by atoms with Gasteiger partial charge in [-0.25, -0.2) is 4.39 Å². The zero-order valence-corrected chi connectivity index (χ0v) is 11.0. The van der Waals surface area contributed by atoms with Gasteiger partial charge in [0.2, 0.25) is 0 Å². The number of aliphatic carboxylic acids is 1. The van der Waals surface area contributed by atoms with Crippen LogP contribution in [0.25, 0.3) is 0 Å². The molecule has 0 fully saturated rings. The number of nitrogens with one attached hydrogen (secondary N) is 1. The Balaban J connectivity index is 2.21. The molecule has 2 rings (SSSR count). The Bertz CT molecular complexity index is 646. The van der Waals surface area contributed by atoms with Crippen molar-refractivity contribution in [2.75, 3.05) is 0 Å². The van der Waals surface area contributed by atoms with E-state index in [0.29, 0.717) is 11.1 Å². The normalized spacial score (nSPS) is 11.7. The average molecular weight is 288 g/mol. The Hall–Kier alpha value is -2.76. The fraction of sp³-hybridized carbons (Fsp3) is 0.133. The SMILES string of the molecule is O=C(O)CC(NC(=O)c1cccnc1)c1cccc(F)c1. The number of amides is 1. The third kappa shape index (κ3) is 4.10. The summed E-state index contributed by atoms with van der Waals surface area (Å²) in [5.74, 6) is -2.03. The molecule has 1 amide bonds. The number of aromatic nitrogens is 1. The number of hydrogen-bond acceptors (Lipinski definition) is 3. The predicted octanol–water partition coefficient (Wildman–Crippen LogP) is 2.17. The minimum atomic E-state index is -1.09. The molecule has 1 unspecified atom stereocenters.